The molecule has 2 aromatic rings. The first-order valence-electron chi connectivity index (χ1n) is 7.08. The van der Waals surface area contributed by atoms with Crippen molar-refractivity contribution in [3.63, 3.8) is 0 Å². The van der Waals surface area contributed by atoms with Gasteiger partial charge in [0.1, 0.15) is 5.56 Å². The van der Waals surface area contributed by atoms with E-state index in [1.54, 1.807) is 10.6 Å². The number of pyridine rings is 1. The smallest absolute Gasteiger partial charge is 0.341 e. The van der Waals surface area contributed by atoms with E-state index in [0.717, 1.165) is 6.42 Å². The molecule has 1 aromatic carbocycles. The zero-order valence-electron chi connectivity index (χ0n) is 11.6. The Morgan fingerprint density at radius 1 is 1.27 bits per heavy atom. The molecule has 4 rings (SSSR count). The van der Waals surface area contributed by atoms with Crippen LogP contribution in [0.1, 0.15) is 27.9 Å². The summed E-state index contributed by atoms with van der Waals surface area (Å²) in [6.45, 7) is 0.586. The molecule has 0 spiro atoms. The first kappa shape index (κ1) is 13.5. The number of aromatic nitrogens is 1. The maximum Gasteiger partial charge on any atom is 0.341 e. The summed E-state index contributed by atoms with van der Waals surface area (Å²) in [5, 5.41) is 9.52. The standard InChI is InChI=1S/C15H13NO5S/c17-13-10-6-8-3-5-22(20,21)14(8)9-2-1-4-16(12(9)10)7-11(13)15(18)19/h6-7H,1-5H2,(H,18,19). The predicted octanol–water partition coefficient (Wildman–Crippen LogP) is 0.976. The van der Waals surface area contributed by atoms with Gasteiger partial charge in [0, 0.05) is 18.1 Å². The minimum absolute atomic E-state index is 0.0611. The number of fused-ring (bicyclic) bond motifs is 2. The number of nitrogens with zero attached hydrogens (tertiary/aromatic N) is 1. The molecule has 1 N–H and O–H groups in total. The van der Waals surface area contributed by atoms with Crippen molar-refractivity contribution in [2.24, 2.45) is 0 Å². The highest BCUT2D eigenvalue weighted by Crippen LogP contribution is 2.36. The van der Waals surface area contributed by atoms with Crippen LogP contribution in [0.4, 0.5) is 0 Å². The van der Waals surface area contributed by atoms with Gasteiger partial charge >= 0.3 is 5.97 Å². The highest BCUT2D eigenvalue weighted by molar-refractivity contribution is 7.91. The average Bonchev–Trinajstić information content (AvgIpc) is 2.78. The van der Waals surface area contributed by atoms with Gasteiger partial charge in [0.05, 0.1) is 16.2 Å². The van der Waals surface area contributed by atoms with Crippen molar-refractivity contribution in [2.45, 2.75) is 30.7 Å². The van der Waals surface area contributed by atoms with Crippen LogP contribution >= 0.6 is 0 Å². The van der Waals surface area contributed by atoms with Gasteiger partial charge in [-0.1, -0.05) is 0 Å². The summed E-state index contributed by atoms with van der Waals surface area (Å²) in [5.74, 6) is -1.19. The summed E-state index contributed by atoms with van der Waals surface area (Å²) in [5.41, 5.74) is 1.13. The number of aromatic carboxylic acids is 1. The van der Waals surface area contributed by atoms with Gasteiger partial charge in [0.25, 0.3) is 0 Å². The molecule has 0 amide bonds. The molecule has 0 bridgehead atoms. The molecule has 0 atom stereocenters. The number of hydrogen-bond donors (Lipinski definition) is 1. The number of aryl methyl sites for hydroxylation is 3. The van der Waals surface area contributed by atoms with Gasteiger partial charge in [-0.25, -0.2) is 13.2 Å². The molecule has 2 aliphatic heterocycles. The van der Waals surface area contributed by atoms with Gasteiger partial charge in [-0.15, -0.1) is 0 Å². The Morgan fingerprint density at radius 2 is 2.05 bits per heavy atom. The molecule has 114 valence electrons. The number of hydrogen-bond acceptors (Lipinski definition) is 4. The van der Waals surface area contributed by atoms with E-state index < -0.39 is 21.2 Å². The highest BCUT2D eigenvalue weighted by atomic mass is 32.2. The van der Waals surface area contributed by atoms with Crippen LogP contribution < -0.4 is 5.43 Å². The summed E-state index contributed by atoms with van der Waals surface area (Å²) in [6, 6.07) is 1.58. The van der Waals surface area contributed by atoms with Crippen LogP contribution in [0.15, 0.2) is 22.0 Å². The van der Waals surface area contributed by atoms with Gasteiger partial charge in [-0.2, -0.15) is 0 Å². The number of carbonyl (C=O) groups is 1. The molecule has 0 fully saturated rings. The molecule has 0 radical (unpaired) electrons. The largest absolute Gasteiger partial charge is 0.477 e. The van der Waals surface area contributed by atoms with Crippen molar-refractivity contribution < 1.29 is 18.3 Å². The third-order valence-corrected chi connectivity index (χ3v) is 6.37. The van der Waals surface area contributed by atoms with Crippen LogP contribution in [0.5, 0.6) is 0 Å². The van der Waals surface area contributed by atoms with Crippen molar-refractivity contribution in [3.05, 3.63) is 39.2 Å². The summed E-state index contributed by atoms with van der Waals surface area (Å²) in [4.78, 5) is 24.1. The lowest BCUT2D eigenvalue weighted by Gasteiger charge is -2.22. The van der Waals surface area contributed by atoms with E-state index in [9.17, 15) is 23.1 Å². The normalized spacial score (nSPS) is 18.4. The topological polar surface area (TPSA) is 93.4 Å². The Bertz CT molecular complexity index is 1020. The first-order chi connectivity index (χ1) is 10.4. The second-order valence-electron chi connectivity index (χ2n) is 5.78. The summed E-state index contributed by atoms with van der Waals surface area (Å²) >= 11 is 0. The van der Waals surface area contributed by atoms with Crippen molar-refractivity contribution in [2.75, 3.05) is 5.75 Å². The molecular formula is C15H13NO5S. The van der Waals surface area contributed by atoms with Crippen molar-refractivity contribution in [1.29, 1.82) is 0 Å². The maximum atomic E-state index is 12.4. The van der Waals surface area contributed by atoms with E-state index >= 15 is 0 Å². The predicted molar refractivity (Wildman–Crippen MR) is 79.2 cm³/mol. The summed E-state index contributed by atoms with van der Waals surface area (Å²) < 4.78 is 26.3. The van der Waals surface area contributed by atoms with E-state index in [1.165, 1.54) is 6.20 Å². The number of carboxylic acids is 1. The van der Waals surface area contributed by atoms with Crippen molar-refractivity contribution in [1.82, 2.24) is 4.57 Å². The third kappa shape index (κ3) is 1.62. The van der Waals surface area contributed by atoms with Crippen LogP contribution in [0.3, 0.4) is 0 Å². The van der Waals surface area contributed by atoms with E-state index in [-0.39, 0.29) is 11.3 Å². The number of carboxylic acid groups (broad SMARTS) is 1. The van der Waals surface area contributed by atoms with Crippen molar-refractivity contribution in [3.8, 4) is 0 Å². The Kier molecular flexibility index (Phi) is 2.57. The van der Waals surface area contributed by atoms with Crippen LogP contribution in [-0.4, -0.2) is 29.8 Å². The Hall–Kier alpha value is -2.15. The van der Waals surface area contributed by atoms with E-state index in [0.29, 0.717) is 46.3 Å². The third-order valence-electron chi connectivity index (χ3n) is 4.49. The molecule has 7 heteroatoms. The van der Waals surface area contributed by atoms with Gasteiger partial charge in [0.2, 0.25) is 5.43 Å². The zero-order chi connectivity index (χ0) is 15.6. The summed E-state index contributed by atoms with van der Waals surface area (Å²) in [7, 11) is -3.29. The second-order valence-corrected chi connectivity index (χ2v) is 7.83. The zero-order valence-corrected chi connectivity index (χ0v) is 12.4. The van der Waals surface area contributed by atoms with Crippen LogP contribution in [0.25, 0.3) is 10.9 Å². The Balaban J connectivity index is 2.25. The maximum absolute atomic E-state index is 12.4. The lowest BCUT2D eigenvalue weighted by Crippen LogP contribution is -2.23. The first-order valence-corrected chi connectivity index (χ1v) is 8.73. The Labute approximate surface area is 125 Å². The number of sulfone groups is 1. The fourth-order valence-corrected chi connectivity index (χ4v) is 5.43. The molecule has 0 aliphatic carbocycles. The van der Waals surface area contributed by atoms with Crippen LogP contribution in [-0.2, 0) is 29.2 Å². The molecule has 0 unspecified atom stereocenters. The molecule has 0 saturated heterocycles. The molecule has 2 aliphatic rings. The van der Waals surface area contributed by atoms with Gasteiger partial charge in [-0.3, -0.25) is 4.79 Å². The van der Waals surface area contributed by atoms with E-state index in [4.69, 9.17) is 0 Å². The quantitative estimate of drug-likeness (QED) is 0.845. The molecule has 3 heterocycles. The van der Waals surface area contributed by atoms with E-state index in [2.05, 4.69) is 0 Å². The average molecular weight is 319 g/mol. The van der Waals surface area contributed by atoms with Crippen LogP contribution in [0.2, 0.25) is 0 Å². The fourth-order valence-electron chi connectivity index (χ4n) is 3.60. The molecule has 6 nitrogen and oxygen atoms in total. The van der Waals surface area contributed by atoms with Gasteiger partial charge < -0.3 is 9.67 Å². The lowest BCUT2D eigenvalue weighted by molar-refractivity contribution is 0.0694. The lowest BCUT2D eigenvalue weighted by atomic mass is 9.96. The molecule has 22 heavy (non-hydrogen) atoms. The minimum atomic E-state index is -3.29. The van der Waals surface area contributed by atoms with Crippen molar-refractivity contribution >= 4 is 26.7 Å². The van der Waals surface area contributed by atoms with Gasteiger partial charge in [-0.05, 0) is 36.5 Å². The monoisotopic (exact) mass is 319 g/mol. The summed E-state index contributed by atoms with van der Waals surface area (Å²) in [6.07, 6.45) is 3.06. The Morgan fingerprint density at radius 3 is 2.77 bits per heavy atom. The van der Waals surface area contributed by atoms with Gasteiger partial charge in [0.15, 0.2) is 9.84 Å². The SMILES string of the molecule is O=C(O)c1cn2c3c(c4c(cc3c1=O)CCS4(=O)=O)CCC2. The highest BCUT2D eigenvalue weighted by Gasteiger charge is 2.33. The molecule has 0 saturated carbocycles. The second kappa shape index (κ2) is 4.19. The molecular weight excluding hydrogens is 306 g/mol. The minimum Gasteiger partial charge on any atom is -0.477 e. The molecule has 1 aromatic heterocycles. The van der Waals surface area contributed by atoms with Crippen LogP contribution in [0, 0.1) is 0 Å². The van der Waals surface area contributed by atoms with E-state index in [1.807, 2.05) is 0 Å². The number of benzene rings is 1. The fraction of sp³-hybridized carbons (Fsp3) is 0.333. The number of rotatable bonds is 1.